The zero-order chi connectivity index (χ0) is 16.9. The second kappa shape index (κ2) is 6.01. The molecular weight excluding hydrogens is 310 g/mol. The molecular formula is C21H29N3O. The summed E-state index contributed by atoms with van der Waals surface area (Å²) in [5, 5.41) is 3.47. The third kappa shape index (κ3) is 2.41. The molecule has 5 rings (SSSR count). The van der Waals surface area contributed by atoms with E-state index in [1.165, 1.54) is 50.9 Å². The number of nitrogens with zero attached hydrogens (tertiary/aromatic N) is 2. The van der Waals surface area contributed by atoms with E-state index in [1.807, 2.05) is 0 Å². The van der Waals surface area contributed by atoms with Crippen molar-refractivity contribution >= 4 is 5.84 Å². The van der Waals surface area contributed by atoms with Gasteiger partial charge in [-0.25, -0.2) is 0 Å². The van der Waals surface area contributed by atoms with Crippen LogP contribution in [0.5, 0.6) is 5.75 Å². The predicted octanol–water partition coefficient (Wildman–Crippen LogP) is 2.76. The Bertz CT molecular complexity index is 700. The Kier molecular flexibility index (Phi) is 3.77. The highest BCUT2D eigenvalue weighted by Gasteiger charge is 2.53. The quantitative estimate of drug-likeness (QED) is 0.920. The largest absolute Gasteiger partial charge is 0.497 e. The molecule has 0 unspecified atom stereocenters. The van der Waals surface area contributed by atoms with Gasteiger partial charge in [-0.3, -0.25) is 9.89 Å². The van der Waals surface area contributed by atoms with Crippen molar-refractivity contribution in [3.8, 4) is 5.75 Å². The monoisotopic (exact) mass is 339 g/mol. The molecule has 2 bridgehead atoms. The molecule has 2 aliphatic carbocycles. The zero-order valence-corrected chi connectivity index (χ0v) is 15.3. The SMILES string of the molecule is COc1ccc2c(c1)[C@]13CCCC[C@@H]1[C@H](C2)N(CC1=NCCN1)CC3. The van der Waals surface area contributed by atoms with E-state index in [2.05, 4.69) is 33.4 Å². The molecule has 25 heavy (non-hydrogen) atoms. The summed E-state index contributed by atoms with van der Waals surface area (Å²) in [5.41, 5.74) is 3.57. The van der Waals surface area contributed by atoms with Gasteiger partial charge < -0.3 is 10.1 Å². The molecule has 0 radical (unpaired) electrons. The van der Waals surface area contributed by atoms with Gasteiger partial charge in [0.25, 0.3) is 0 Å². The number of amidine groups is 1. The first kappa shape index (κ1) is 15.7. The van der Waals surface area contributed by atoms with Crippen LogP contribution in [0.25, 0.3) is 0 Å². The van der Waals surface area contributed by atoms with Crippen LogP contribution in [-0.4, -0.2) is 50.1 Å². The average Bonchev–Trinajstić information content (AvgIpc) is 3.17. The third-order valence-corrected chi connectivity index (χ3v) is 7.26. The van der Waals surface area contributed by atoms with E-state index in [9.17, 15) is 0 Å². The molecule has 0 aromatic heterocycles. The first-order valence-electron chi connectivity index (χ1n) is 9.99. The maximum atomic E-state index is 5.57. The molecule has 2 aliphatic heterocycles. The maximum Gasteiger partial charge on any atom is 0.119 e. The van der Waals surface area contributed by atoms with Gasteiger partial charge in [0.05, 0.1) is 20.2 Å². The number of rotatable bonds is 3. The van der Waals surface area contributed by atoms with Gasteiger partial charge in [0.2, 0.25) is 0 Å². The fourth-order valence-corrected chi connectivity index (χ4v) is 6.13. The number of ether oxygens (including phenoxy) is 1. The number of methoxy groups -OCH3 is 1. The lowest BCUT2D eigenvalue weighted by atomic mass is 9.52. The molecule has 2 heterocycles. The van der Waals surface area contributed by atoms with E-state index >= 15 is 0 Å². The standard InChI is InChI=1S/C21H29N3O/c1-25-16-6-5-15-12-19-17-4-2-3-7-21(17,18(15)13-16)8-11-24(19)14-20-22-9-10-23-20/h5-6,13,17,19H,2-4,7-12,14H2,1H3,(H,22,23)/t17-,19+,21+/m1/s1. The zero-order valence-electron chi connectivity index (χ0n) is 15.3. The van der Waals surface area contributed by atoms with Gasteiger partial charge in [-0.2, -0.15) is 0 Å². The third-order valence-electron chi connectivity index (χ3n) is 7.26. The average molecular weight is 339 g/mol. The van der Waals surface area contributed by atoms with Crippen molar-refractivity contribution < 1.29 is 4.74 Å². The van der Waals surface area contributed by atoms with Crippen LogP contribution in [0.1, 0.15) is 43.2 Å². The Labute approximate surface area is 150 Å². The van der Waals surface area contributed by atoms with Crippen LogP contribution in [0.15, 0.2) is 23.2 Å². The summed E-state index contributed by atoms with van der Waals surface area (Å²) < 4.78 is 5.57. The molecule has 134 valence electrons. The molecule has 1 aromatic rings. The normalized spacial score (nSPS) is 33.9. The summed E-state index contributed by atoms with van der Waals surface area (Å²) in [7, 11) is 1.79. The van der Waals surface area contributed by atoms with Crippen LogP contribution in [0.2, 0.25) is 0 Å². The van der Waals surface area contributed by atoms with E-state index < -0.39 is 0 Å². The van der Waals surface area contributed by atoms with Crippen LogP contribution >= 0.6 is 0 Å². The van der Waals surface area contributed by atoms with E-state index in [0.29, 0.717) is 11.5 Å². The van der Waals surface area contributed by atoms with Crippen molar-refractivity contribution in [2.45, 2.75) is 50.0 Å². The number of nitrogens with one attached hydrogen (secondary N) is 1. The Morgan fingerprint density at radius 2 is 2.28 bits per heavy atom. The highest BCUT2D eigenvalue weighted by atomic mass is 16.5. The lowest BCUT2D eigenvalue weighted by Gasteiger charge is -2.59. The molecule has 4 nitrogen and oxygen atoms in total. The van der Waals surface area contributed by atoms with Crippen LogP contribution in [0.3, 0.4) is 0 Å². The summed E-state index contributed by atoms with van der Waals surface area (Å²) in [4.78, 5) is 7.39. The smallest absolute Gasteiger partial charge is 0.119 e. The molecule has 1 saturated heterocycles. The van der Waals surface area contributed by atoms with Gasteiger partial charge in [0.1, 0.15) is 11.6 Å². The van der Waals surface area contributed by atoms with E-state index in [0.717, 1.165) is 31.3 Å². The molecule has 1 saturated carbocycles. The fourth-order valence-electron chi connectivity index (χ4n) is 6.13. The lowest BCUT2D eigenvalue weighted by molar-refractivity contribution is -0.00336. The van der Waals surface area contributed by atoms with E-state index in [1.54, 1.807) is 18.2 Å². The summed E-state index contributed by atoms with van der Waals surface area (Å²) in [5.74, 6) is 3.04. The van der Waals surface area contributed by atoms with Gasteiger partial charge in [0.15, 0.2) is 0 Å². The number of fused-ring (bicyclic) bond motifs is 1. The van der Waals surface area contributed by atoms with Crippen LogP contribution in [0.4, 0.5) is 0 Å². The second-order valence-corrected chi connectivity index (χ2v) is 8.28. The molecule has 4 aliphatic rings. The summed E-state index contributed by atoms with van der Waals surface area (Å²) in [6, 6.07) is 7.53. The molecule has 2 fully saturated rings. The minimum Gasteiger partial charge on any atom is -0.497 e. The van der Waals surface area contributed by atoms with Crippen LogP contribution in [-0.2, 0) is 11.8 Å². The van der Waals surface area contributed by atoms with Crippen molar-refractivity contribution in [2.75, 3.05) is 33.3 Å². The molecule has 1 aromatic carbocycles. The minimum absolute atomic E-state index is 0.395. The molecule has 0 amide bonds. The summed E-state index contributed by atoms with van der Waals surface area (Å²) in [6.07, 6.45) is 8.02. The fraction of sp³-hybridized carbons (Fsp3) is 0.667. The van der Waals surface area contributed by atoms with Crippen molar-refractivity contribution in [3.63, 3.8) is 0 Å². The topological polar surface area (TPSA) is 36.9 Å². The number of piperidine rings is 1. The van der Waals surface area contributed by atoms with Crippen LogP contribution < -0.4 is 10.1 Å². The number of hydrogen-bond donors (Lipinski definition) is 1. The highest BCUT2D eigenvalue weighted by Crippen LogP contribution is 2.56. The molecule has 1 N–H and O–H groups in total. The highest BCUT2D eigenvalue weighted by molar-refractivity contribution is 5.85. The summed E-state index contributed by atoms with van der Waals surface area (Å²) >= 11 is 0. The van der Waals surface area contributed by atoms with Gasteiger partial charge in [-0.05, 0) is 61.4 Å². The number of likely N-dealkylation sites (tertiary alicyclic amines) is 1. The minimum atomic E-state index is 0.395. The lowest BCUT2D eigenvalue weighted by Crippen LogP contribution is -2.62. The van der Waals surface area contributed by atoms with Crippen molar-refractivity contribution in [1.29, 1.82) is 0 Å². The van der Waals surface area contributed by atoms with Crippen LogP contribution in [0, 0.1) is 5.92 Å². The number of hydrogen-bond acceptors (Lipinski definition) is 4. The van der Waals surface area contributed by atoms with Crippen molar-refractivity contribution in [2.24, 2.45) is 10.9 Å². The first-order chi connectivity index (χ1) is 12.3. The second-order valence-electron chi connectivity index (χ2n) is 8.28. The van der Waals surface area contributed by atoms with E-state index in [4.69, 9.17) is 4.74 Å². The summed E-state index contributed by atoms with van der Waals surface area (Å²) in [6.45, 7) is 4.19. The first-order valence-corrected chi connectivity index (χ1v) is 9.99. The van der Waals surface area contributed by atoms with E-state index in [-0.39, 0.29) is 0 Å². The van der Waals surface area contributed by atoms with Crippen molar-refractivity contribution in [3.05, 3.63) is 29.3 Å². The maximum absolute atomic E-state index is 5.57. The van der Waals surface area contributed by atoms with Gasteiger partial charge >= 0.3 is 0 Å². The van der Waals surface area contributed by atoms with Gasteiger partial charge in [-0.15, -0.1) is 0 Å². The van der Waals surface area contributed by atoms with Gasteiger partial charge in [0, 0.05) is 18.0 Å². The Morgan fingerprint density at radius 3 is 3.12 bits per heavy atom. The molecule has 3 atom stereocenters. The predicted molar refractivity (Wildman–Crippen MR) is 101 cm³/mol. The number of aliphatic imine (C=N–C) groups is 1. The number of benzene rings is 1. The Morgan fingerprint density at radius 1 is 1.32 bits per heavy atom. The molecule has 4 heteroatoms. The molecule has 0 spiro atoms. The van der Waals surface area contributed by atoms with Gasteiger partial charge in [-0.1, -0.05) is 18.9 Å². The van der Waals surface area contributed by atoms with Crippen molar-refractivity contribution in [1.82, 2.24) is 10.2 Å². The Hall–Kier alpha value is -1.55. The Balaban J connectivity index is 1.53.